The molecule has 26 heavy (non-hydrogen) atoms. The second-order valence-corrected chi connectivity index (χ2v) is 2.95. The summed E-state index contributed by atoms with van der Waals surface area (Å²) in [5.41, 5.74) is 0. The molecular weight excluding hydrogens is 566 g/mol. The fourth-order valence-corrected chi connectivity index (χ4v) is 0. The number of carbonyl (C=O) groups excluding carboxylic acids is 6. The molecule has 0 aromatic carbocycles. The third-order valence-electron chi connectivity index (χ3n) is 0. The van der Waals surface area contributed by atoms with Crippen LogP contribution >= 0.6 is 0 Å². The van der Waals surface area contributed by atoms with Crippen LogP contribution < -0.4 is 30.6 Å². The van der Waals surface area contributed by atoms with Crippen molar-refractivity contribution in [3.63, 3.8) is 0 Å². The van der Waals surface area contributed by atoms with Gasteiger partial charge >= 0.3 is 51.7 Å². The van der Waals surface area contributed by atoms with E-state index in [2.05, 4.69) is 0 Å². The predicted molar refractivity (Wildman–Crippen MR) is 75.6 cm³/mol. The predicted octanol–water partition coefficient (Wildman–Crippen LogP) is -8.22. The minimum atomic E-state index is -1.08. The van der Waals surface area contributed by atoms with Gasteiger partial charge in [0.2, 0.25) is 0 Å². The van der Waals surface area contributed by atoms with Crippen LogP contribution in [0.3, 0.4) is 0 Å². The Bertz CT molecular complexity index is 265. The Labute approximate surface area is 187 Å². The van der Waals surface area contributed by atoms with Crippen LogP contribution in [0.1, 0.15) is 41.5 Å². The van der Waals surface area contributed by atoms with E-state index in [0.717, 1.165) is 41.5 Å². The minimum absolute atomic E-state index is 0. The Morgan fingerprint density at radius 1 is 0.346 bits per heavy atom. The molecule has 0 rings (SSSR count). The van der Waals surface area contributed by atoms with Gasteiger partial charge < -0.3 is 59.4 Å². The first-order chi connectivity index (χ1) is 10.4. The maximum atomic E-state index is 8.89. The van der Waals surface area contributed by atoms with Crippen molar-refractivity contribution >= 4 is 87.5 Å². The molecule has 0 saturated heterocycles. The largest absolute Gasteiger partial charge is 3.00 e. The topological polar surface area (TPSA) is 241 Å². The smallest absolute Gasteiger partial charge is 0.550 e. The minimum Gasteiger partial charge on any atom is -0.550 e. The fourth-order valence-electron chi connectivity index (χ4n) is 0. The van der Waals surface area contributed by atoms with Gasteiger partial charge in [-0.25, -0.2) is 0 Å². The van der Waals surface area contributed by atoms with Crippen molar-refractivity contribution in [2.24, 2.45) is 0 Å². The van der Waals surface area contributed by atoms with E-state index in [-0.39, 0.29) is 51.7 Å². The molecular formula is C12H18In2O12. The molecule has 0 heterocycles. The summed E-state index contributed by atoms with van der Waals surface area (Å²) in [4.78, 5) is 53.3. The van der Waals surface area contributed by atoms with Gasteiger partial charge in [-0.1, -0.05) is 0 Å². The first-order valence-electron chi connectivity index (χ1n) is 5.45. The van der Waals surface area contributed by atoms with E-state index in [0.29, 0.717) is 0 Å². The van der Waals surface area contributed by atoms with Gasteiger partial charge in [-0.3, -0.25) is 0 Å². The molecule has 0 atom stereocenters. The fraction of sp³-hybridized carbons (Fsp3) is 0.500. The van der Waals surface area contributed by atoms with Crippen molar-refractivity contribution in [2.45, 2.75) is 41.5 Å². The molecule has 0 bridgehead atoms. The maximum Gasteiger partial charge on any atom is 3.00 e. The third-order valence-corrected chi connectivity index (χ3v) is 0. The molecule has 0 aromatic heterocycles. The molecule has 0 saturated carbocycles. The van der Waals surface area contributed by atoms with Crippen molar-refractivity contribution in [3.8, 4) is 0 Å². The SMILES string of the molecule is CC(=O)[O-].CC(=O)[O-].CC(=O)[O-].CC(=O)[O-].CC(=O)[O-].CC(=O)[O-].[In+3].[In+3]. The van der Waals surface area contributed by atoms with E-state index < -0.39 is 35.8 Å². The number of carbonyl (C=O) groups is 6. The Balaban J connectivity index is -0.0000000245. The zero-order chi connectivity index (χ0) is 21.5. The Morgan fingerprint density at radius 3 is 0.346 bits per heavy atom. The molecule has 0 radical (unpaired) electrons. The Morgan fingerprint density at radius 2 is 0.346 bits per heavy atom. The number of aliphatic carboxylic acids is 6. The molecule has 0 aliphatic rings. The number of rotatable bonds is 0. The Hall–Kier alpha value is -1.44. The normalized spacial score (nSPS) is 5.77. The number of carboxylic acids is 6. The molecule has 0 N–H and O–H groups in total. The van der Waals surface area contributed by atoms with Gasteiger partial charge in [-0.15, -0.1) is 0 Å². The van der Waals surface area contributed by atoms with Crippen LogP contribution in [-0.4, -0.2) is 87.5 Å². The van der Waals surface area contributed by atoms with E-state index in [1.807, 2.05) is 0 Å². The molecule has 0 aromatic rings. The second-order valence-electron chi connectivity index (χ2n) is 2.95. The van der Waals surface area contributed by atoms with Gasteiger partial charge in [-0.05, 0) is 41.5 Å². The van der Waals surface area contributed by atoms with Crippen molar-refractivity contribution < 1.29 is 59.4 Å². The number of carboxylic acid groups (broad SMARTS) is 6. The molecule has 0 amide bonds. The molecule has 144 valence electrons. The van der Waals surface area contributed by atoms with E-state index in [1.54, 1.807) is 0 Å². The average Bonchev–Trinajstić information content (AvgIpc) is 2.08. The van der Waals surface area contributed by atoms with E-state index in [1.165, 1.54) is 0 Å². The Kier molecular flexibility index (Phi) is 83.6. The molecule has 12 nitrogen and oxygen atoms in total. The monoisotopic (exact) mass is 584 g/mol. The zero-order valence-electron chi connectivity index (χ0n) is 15.1. The maximum absolute atomic E-state index is 8.89. The zero-order valence-corrected chi connectivity index (χ0v) is 21.6. The summed E-state index contributed by atoms with van der Waals surface area (Å²) >= 11 is 0. The van der Waals surface area contributed by atoms with E-state index in [4.69, 9.17) is 59.4 Å². The first-order valence-corrected chi connectivity index (χ1v) is 5.45. The number of hydrogen-bond donors (Lipinski definition) is 0. The van der Waals surface area contributed by atoms with Crippen LogP contribution in [0.4, 0.5) is 0 Å². The van der Waals surface area contributed by atoms with Gasteiger partial charge in [0.25, 0.3) is 0 Å². The van der Waals surface area contributed by atoms with Crippen LogP contribution in [0.15, 0.2) is 0 Å². The van der Waals surface area contributed by atoms with Gasteiger partial charge in [-0.2, -0.15) is 0 Å². The van der Waals surface area contributed by atoms with Gasteiger partial charge in [0.15, 0.2) is 0 Å². The first kappa shape index (κ1) is 49.7. The van der Waals surface area contributed by atoms with Crippen molar-refractivity contribution in [3.05, 3.63) is 0 Å². The summed E-state index contributed by atoms with van der Waals surface area (Å²) in [6, 6.07) is 0. The van der Waals surface area contributed by atoms with E-state index in [9.17, 15) is 0 Å². The molecule has 0 unspecified atom stereocenters. The van der Waals surface area contributed by atoms with Gasteiger partial charge in [0.1, 0.15) is 0 Å². The second kappa shape index (κ2) is 43.7. The standard InChI is InChI=1S/6C2H4O2.2In/c6*1-2(3)4;;/h6*1H3,(H,3,4);;/q;;;;;;2*+3/p-6. The van der Waals surface area contributed by atoms with Crippen LogP contribution in [-0.2, 0) is 28.8 Å². The van der Waals surface area contributed by atoms with Gasteiger partial charge in [0, 0.05) is 35.8 Å². The summed E-state index contributed by atoms with van der Waals surface area (Å²) in [5.74, 6) is -6.50. The summed E-state index contributed by atoms with van der Waals surface area (Å²) in [5, 5.41) is 53.3. The molecule has 0 spiro atoms. The van der Waals surface area contributed by atoms with Crippen molar-refractivity contribution in [1.29, 1.82) is 0 Å². The number of hydrogen-bond acceptors (Lipinski definition) is 12. The molecule has 0 fully saturated rings. The van der Waals surface area contributed by atoms with Crippen molar-refractivity contribution in [2.75, 3.05) is 0 Å². The van der Waals surface area contributed by atoms with Crippen molar-refractivity contribution in [1.82, 2.24) is 0 Å². The van der Waals surface area contributed by atoms with Crippen LogP contribution in [0.5, 0.6) is 0 Å². The van der Waals surface area contributed by atoms with E-state index >= 15 is 0 Å². The summed E-state index contributed by atoms with van der Waals surface area (Å²) in [7, 11) is 0. The summed E-state index contributed by atoms with van der Waals surface area (Å²) in [6.07, 6.45) is 0. The third kappa shape index (κ3) is 5060. The summed E-state index contributed by atoms with van der Waals surface area (Å²) in [6.45, 7) is 5.83. The summed E-state index contributed by atoms with van der Waals surface area (Å²) < 4.78 is 0. The van der Waals surface area contributed by atoms with Crippen LogP contribution in [0.25, 0.3) is 0 Å². The van der Waals surface area contributed by atoms with Crippen LogP contribution in [0.2, 0.25) is 0 Å². The van der Waals surface area contributed by atoms with Crippen LogP contribution in [0, 0.1) is 0 Å². The molecule has 14 heteroatoms. The molecule has 0 aliphatic carbocycles. The average molecular weight is 584 g/mol. The van der Waals surface area contributed by atoms with Gasteiger partial charge in [0.05, 0.1) is 0 Å². The molecule has 0 aliphatic heterocycles. The quantitative estimate of drug-likeness (QED) is 0.258.